The number of ether oxygens (including phenoxy) is 1. The van der Waals surface area contributed by atoms with Gasteiger partial charge in [-0.25, -0.2) is 0 Å². The van der Waals surface area contributed by atoms with E-state index in [9.17, 15) is 4.79 Å². The lowest BCUT2D eigenvalue weighted by Crippen LogP contribution is -2.36. The molecule has 2 aliphatic heterocycles. The van der Waals surface area contributed by atoms with Gasteiger partial charge in [0, 0.05) is 32.4 Å². The van der Waals surface area contributed by atoms with E-state index in [1.54, 1.807) is 17.2 Å². The van der Waals surface area contributed by atoms with Gasteiger partial charge in [-0.1, -0.05) is 0 Å². The van der Waals surface area contributed by atoms with Crippen molar-refractivity contribution in [2.45, 2.75) is 26.1 Å². The molecule has 0 aliphatic carbocycles. The Labute approximate surface area is 139 Å². The van der Waals surface area contributed by atoms with Crippen LogP contribution >= 0.6 is 0 Å². The molecule has 1 saturated heterocycles. The molecule has 1 amide bonds. The quantitative estimate of drug-likeness (QED) is 0.843. The summed E-state index contributed by atoms with van der Waals surface area (Å²) < 4.78 is 7.55. The highest BCUT2D eigenvalue weighted by Gasteiger charge is 2.25. The van der Waals surface area contributed by atoms with Crippen LogP contribution in [0.25, 0.3) is 0 Å². The molecule has 0 aromatic carbocycles. The second-order valence-electron chi connectivity index (χ2n) is 6.12. The predicted molar refractivity (Wildman–Crippen MR) is 84.1 cm³/mol. The largest absolute Gasteiger partial charge is 0.379 e. The molecular formula is C15H21N7O2. The maximum atomic E-state index is 12.5. The summed E-state index contributed by atoms with van der Waals surface area (Å²) in [4.78, 5) is 16.7. The van der Waals surface area contributed by atoms with Gasteiger partial charge in [-0.2, -0.15) is 5.10 Å². The molecule has 0 bridgehead atoms. The monoisotopic (exact) mass is 331 g/mol. The fourth-order valence-corrected chi connectivity index (χ4v) is 3.21. The first-order valence-corrected chi connectivity index (χ1v) is 8.31. The number of fused-ring (bicyclic) bond motifs is 1. The fourth-order valence-electron chi connectivity index (χ4n) is 3.21. The zero-order valence-electron chi connectivity index (χ0n) is 13.5. The van der Waals surface area contributed by atoms with Crippen LogP contribution in [0.4, 0.5) is 0 Å². The SMILES string of the molecule is O=C(c1ccn[nH]1)N1CCCn2c(CN3CCOCC3)nnc2C1. The number of morpholine rings is 1. The lowest BCUT2D eigenvalue weighted by molar-refractivity contribution is 0.0325. The average molecular weight is 331 g/mol. The van der Waals surface area contributed by atoms with Crippen LogP contribution in [0.5, 0.6) is 0 Å². The number of nitrogens with zero attached hydrogens (tertiary/aromatic N) is 6. The summed E-state index contributed by atoms with van der Waals surface area (Å²) in [6, 6.07) is 1.70. The molecule has 1 fully saturated rings. The summed E-state index contributed by atoms with van der Waals surface area (Å²) in [5, 5.41) is 15.3. The van der Waals surface area contributed by atoms with Gasteiger partial charge < -0.3 is 14.2 Å². The third-order valence-corrected chi connectivity index (χ3v) is 4.53. The molecule has 0 radical (unpaired) electrons. The number of hydrogen-bond acceptors (Lipinski definition) is 6. The number of hydrogen-bond donors (Lipinski definition) is 1. The molecule has 0 unspecified atom stereocenters. The minimum absolute atomic E-state index is 0.0429. The van der Waals surface area contributed by atoms with Crippen LogP contribution in [0.3, 0.4) is 0 Å². The van der Waals surface area contributed by atoms with E-state index < -0.39 is 0 Å². The lowest BCUT2D eigenvalue weighted by atomic mass is 10.3. The second-order valence-corrected chi connectivity index (χ2v) is 6.12. The van der Waals surface area contributed by atoms with Gasteiger partial charge in [0.05, 0.1) is 26.3 Å². The van der Waals surface area contributed by atoms with E-state index in [4.69, 9.17) is 4.74 Å². The Hall–Kier alpha value is -2.26. The molecule has 9 heteroatoms. The molecule has 24 heavy (non-hydrogen) atoms. The molecule has 2 aromatic heterocycles. The molecule has 128 valence electrons. The maximum absolute atomic E-state index is 12.5. The van der Waals surface area contributed by atoms with Crippen molar-refractivity contribution >= 4 is 5.91 Å². The second kappa shape index (κ2) is 6.70. The van der Waals surface area contributed by atoms with Gasteiger partial charge in [-0.3, -0.25) is 14.8 Å². The van der Waals surface area contributed by atoms with Crippen LogP contribution in [0.15, 0.2) is 12.3 Å². The van der Waals surface area contributed by atoms with Gasteiger partial charge in [0.15, 0.2) is 5.82 Å². The minimum Gasteiger partial charge on any atom is -0.379 e. The van der Waals surface area contributed by atoms with E-state index in [1.165, 1.54) is 0 Å². The molecule has 0 atom stereocenters. The Bertz CT molecular complexity index is 691. The molecule has 2 aliphatic rings. The van der Waals surface area contributed by atoms with Crippen molar-refractivity contribution in [3.8, 4) is 0 Å². The van der Waals surface area contributed by atoms with Crippen molar-refractivity contribution in [1.29, 1.82) is 0 Å². The Balaban J connectivity index is 1.49. The Morgan fingerprint density at radius 3 is 2.88 bits per heavy atom. The topological polar surface area (TPSA) is 92.2 Å². The van der Waals surface area contributed by atoms with E-state index in [1.807, 2.05) is 0 Å². The highest BCUT2D eigenvalue weighted by Crippen LogP contribution is 2.16. The third kappa shape index (κ3) is 3.04. The highest BCUT2D eigenvalue weighted by molar-refractivity contribution is 5.92. The lowest BCUT2D eigenvalue weighted by Gasteiger charge is -2.26. The van der Waals surface area contributed by atoms with Gasteiger partial charge in [0.1, 0.15) is 11.5 Å². The number of carbonyl (C=O) groups excluding carboxylic acids is 1. The Kier molecular flexibility index (Phi) is 4.26. The van der Waals surface area contributed by atoms with Gasteiger partial charge in [0.2, 0.25) is 0 Å². The van der Waals surface area contributed by atoms with Gasteiger partial charge in [-0.05, 0) is 12.5 Å². The normalized spacial score (nSPS) is 19.1. The number of nitrogens with one attached hydrogen (secondary N) is 1. The number of H-pyrrole nitrogens is 1. The van der Waals surface area contributed by atoms with Gasteiger partial charge >= 0.3 is 0 Å². The first-order valence-electron chi connectivity index (χ1n) is 8.31. The molecule has 2 aromatic rings. The van der Waals surface area contributed by atoms with Crippen LogP contribution in [-0.2, 0) is 24.4 Å². The van der Waals surface area contributed by atoms with Crippen LogP contribution in [-0.4, -0.2) is 73.5 Å². The molecule has 0 spiro atoms. The molecule has 1 N–H and O–H groups in total. The first kappa shape index (κ1) is 15.3. The highest BCUT2D eigenvalue weighted by atomic mass is 16.5. The Morgan fingerprint density at radius 2 is 2.08 bits per heavy atom. The zero-order chi connectivity index (χ0) is 16.4. The third-order valence-electron chi connectivity index (χ3n) is 4.53. The van der Waals surface area contributed by atoms with Crippen molar-refractivity contribution in [3.63, 3.8) is 0 Å². The van der Waals surface area contributed by atoms with E-state index in [2.05, 4.69) is 29.9 Å². The number of amides is 1. The molecule has 4 rings (SSSR count). The van der Waals surface area contributed by atoms with Crippen LogP contribution < -0.4 is 0 Å². The molecular weight excluding hydrogens is 310 g/mol. The van der Waals surface area contributed by atoms with Crippen LogP contribution in [0, 0.1) is 0 Å². The summed E-state index contributed by atoms with van der Waals surface area (Å²) in [5.74, 6) is 1.78. The average Bonchev–Trinajstić information content (AvgIpc) is 3.21. The summed E-state index contributed by atoms with van der Waals surface area (Å²) in [7, 11) is 0. The summed E-state index contributed by atoms with van der Waals surface area (Å²) in [5.41, 5.74) is 0.511. The van der Waals surface area contributed by atoms with E-state index >= 15 is 0 Å². The van der Waals surface area contributed by atoms with Crippen molar-refractivity contribution in [2.24, 2.45) is 0 Å². The number of aromatic nitrogens is 5. The van der Waals surface area contributed by atoms with Crippen molar-refractivity contribution in [2.75, 3.05) is 32.8 Å². The number of rotatable bonds is 3. The number of aromatic amines is 1. The number of carbonyl (C=O) groups is 1. The summed E-state index contributed by atoms with van der Waals surface area (Å²) in [6.07, 6.45) is 2.48. The van der Waals surface area contributed by atoms with E-state index in [0.717, 1.165) is 57.5 Å². The molecule has 9 nitrogen and oxygen atoms in total. The molecule has 4 heterocycles. The smallest absolute Gasteiger partial charge is 0.272 e. The van der Waals surface area contributed by atoms with Crippen molar-refractivity contribution < 1.29 is 9.53 Å². The first-order chi connectivity index (χ1) is 11.8. The van der Waals surface area contributed by atoms with Crippen LogP contribution in [0.1, 0.15) is 28.6 Å². The van der Waals surface area contributed by atoms with Crippen molar-refractivity contribution in [1.82, 2.24) is 34.8 Å². The van der Waals surface area contributed by atoms with Crippen LogP contribution in [0.2, 0.25) is 0 Å². The van der Waals surface area contributed by atoms with Gasteiger partial charge in [0.25, 0.3) is 5.91 Å². The predicted octanol–water partition coefficient (Wildman–Crippen LogP) is -0.120. The maximum Gasteiger partial charge on any atom is 0.272 e. The van der Waals surface area contributed by atoms with E-state index in [0.29, 0.717) is 18.8 Å². The zero-order valence-corrected chi connectivity index (χ0v) is 13.5. The molecule has 0 saturated carbocycles. The fraction of sp³-hybridized carbons (Fsp3) is 0.600. The summed E-state index contributed by atoms with van der Waals surface area (Å²) >= 11 is 0. The Morgan fingerprint density at radius 1 is 1.21 bits per heavy atom. The van der Waals surface area contributed by atoms with Gasteiger partial charge in [-0.15, -0.1) is 10.2 Å². The standard InChI is InChI=1S/C15H21N7O2/c23-15(12-2-3-16-17-12)21-4-1-5-22-13(18-19-14(22)11-21)10-20-6-8-24-9-7-20/h2-3H,1,4-11H2,(H,16,17). The van der Waals surface area contributed by atoms with Crippen molar-refractivity contribution in [3.05, 3.63) is 29.6 Å². The minimum atomic E-state index is -0.0429. The summed E-state index contributed by atoms with van der Waals surface area (Å²) in [6.45, 7) is 6.20. The van der Waals surface area contributed by atoms with E-state index in [-0.39, 0.29) is 5.91 Å².